The molecule has 9 nitrogen and oxygen atoms in total. The van der Waals surface area contributed by atoms with E-state index in [1.54, 1.807) is 11.0 Å². The molecule has 1 aromatic heterocycles. The van der Waals surface area contributed by atoms with Crippen molar-refractivity contribution in [2.24, 2.45) is 0 Å². The van der Waals surface area contributed by atoms with Crippen molar-refractivity contribution in [3.05, 3.63) is 93.3 Å². The second kappa shape index (κ2) is 10.1. The van der Waals surface area contributed by atoms with Crippen molar-refractivity contribution >= 4 is 27.7 Å². The number of carbonyl (C=O) groups is 1. The molecular weight excluding hydrogens is 480 g/mol. The minimum Gasteiger partial charge on any atom is -0.337 e. The van der Waals surface area contributed by atoms with Gasteiger partial charge in [-0.1, -0.05) is 17.7 Å². The number of rotatable bonds is 6. The Morgan fingerprint density at radius 3 is 2.14 bits per heavy atom. The Morgan fingerprint density at radius 1 is 0.944 bits per heavy atom. The summed E-state index contributed by atoms with van der Waals surface area (Å²) in [6, 6.07) is 15.1. The third-order valence-corrected chi connectivity index (χ3v) is 8.32. The van der Waals surface area contributed by atoms with Gasteiger partial charge in [0.25, 0.3) is 5.69 Å². The van der Waals surface area contributed by atoms with Crippen molar-refractivity contribution < 1.29 is 18.1 Å². The molecule has 1 aliphatic heterocycles. The van der Waals surface area contributed by atoms with Crippen LogP contribution in [0.4, 0.5) is 5.69 Å². The lowest BCUT2D eigenvalue weighted by molar-refractivity contribution is -0.384. The van der Waals surface area contributed by atoms with Crippen molar-refractivity contribution in [3.8, 4) is 5.69 Å². The number of nitro groups is 1. The molecule has 0 bridgehead atoms. The van der Waals surface area contributed by atoms with Gasteiger partial charge in [-0.15, -0.1) is 0 Å². The van der Waals surface area contributed by atoms with Crippen LogP contribution in [0.1, 0.15) is 22.5 Å². The number of nitro benzene ring substituents is 1. The van der Waals surface area contributed by atoms with E-state index < -0.39 is 14.9 Å². The normalized spacial score (nSPS) is 14.9. The van der Waals surface area contributed by atoms with E-state index in [0.717, 1.165) is 22.6 Å². The molecule has 0 radical (unpaired) electrons. The summed E-state index contributed by atoms with van der Waals surface area (Å²) in [4.78, 5) is 24.7. The molecule has 0 unspecified atom stereocenters. The Hall–Kier alpha value is -3.76. The zero-order valence-electron chi connectivity index (χ0n) is 20.4. The standard InChI is InChI=1S/C26H28N4O5S/c1-19-4-7-23(8-5-19)29-20(2)18-22(21(29)3)6-13-26(31)27-14-16-28(17-15-27)36(34,35)25-11-9-24(10-12-25)30(32)33/h4-13,18H,14-17H2,1-3H3/b13-6+. The Labute approximate surface area is 210 Å². The number of benzene rings is 2. The first-order valence-corrected chi connectivity index (χ1v) is 13.0. The van der Waals surface area contributed by atoms with Crippen LogP contribution < -0.4 is 0 Å². The summed E-state index contributed by atoms with van der Waals surface area (Å²) in [6.45, 7) is 6.91. The largest absolute Gasteiger partial charge is 0.337 e. The van der Waals surface area contributed by atoms with Crippen molar-refractivity contribution in [1.29, 1.82) is 0 Å². The number of non-ortho nitro benzene ring substituents is 1. The molecule has 1 fully saturated rings. The van der Waals surface area contributed by atoms with Gasteiger partial charge < -0.3 is 9.47 Å². The fourth-order valence-electron chi connectivity index (χ4n) is 4.35. The van der Waals surface area contributed by atoms with Gasteiger partial charge in [-0.25, -0.2) is 8.42 Å². The fourth-order valence-corrected chi connectivity index (χ4v) is 5.77. The summed E-state index contributed by atoms with van der Waals surface area (Å²) in [6.07, 6.45) is 3.33. The van der Waals surface area contributed by atoms with Gasteiger partial charge in [0.15, 0.2) is 0 Å². The summed E-state index contributed by atoms with van der Waals surface area (Å²) < 4.78 is 29.2. The van der Waals surface area contributed by atoms with Crippen LogP contribution in [0.25, 0.3) is 11.8 Å². The van der Waals surface area contributed by atoms with Gasteiger partial charge in [-0.3, -0.25) is 14.9 Å². The lowest BCUT2D eigenvalue weighted by atomic mass is 10.2. The summed E-state index contributed by atoms with van der Waals surface area (Å²) in [5.74, 6) is -0.178. The maximum absolute atomic E-state index is 12.9. The van der Waals surface area contributed by atoms with Crippen molar-refractivity contribution in [2.75, 3.05) is 26.2 Å². The molecule has 0 N–H and O–H groups in total. The highest BCUT2D eigenvalue weighted by atomic mass is 32.2. The van der Waals surface area contributed by atoms with Crippen LogP contribution in [0.2, 0.25) is 0 Å². The van der Waals surface area contributed by atoms with E-state index in [1.165, 1.54) is 40.2 Å². The van der Waals surface area contributed by atoms with E-state index in [2.05, 4.69) is 28.8 Å². The second-order valence-corrected chi connectivity index (χ2v) is 10.7. The topological polar surface area (TPSA) is 106 Å². The lowest BCUT2D eigenvalue weighted by Gasteiger charge is -2.33. The third-order valence-electron chi connectivity index (χ3n) is 6.40. The number of carbonyl (C=O) groups excluding carboxylic acids is 1. The minimum atomic E-state index is -3.79. The van der Waals surface area contributed by atoms with Crippen molar-refractivity contribution in [1.82, 2.24) is 13.8 Å². The van der Waals surface area contributed by atoms with E-state index in [-0.39, 0.29) is 42.7 Å². The first-order chi connectivity index (χ1) is 17.1. The van der Waals surface area contributed by atoms with Crippen molar-refractivity contribution in [2.45, 2.75) is 25.7 Å². The fraction of sp³-hybridized carbons (Fsp3) is 0.269. The van der Waals surface area contributed by atoms with Crippen molar-refractivity contribution in [3.63, 3.8) is 0 Å². The van der Waals surface area contributed by atoms with E-state index in [4.69, 9.17) is 0 Å². The lowest BCUT2D eigenvalue weighted by Crippen LogP contribution is -2.50. The first kappa shape index (κ1) is 25.3. The smallest absolute Gasteiger partial charge is 0.269 e. The van der Waals surface area contributed by atoms with Gasteiger partial charge in [0.2, 0.25) is 15.9 Å². The Balaban J connectivity index is 1.41. The molecule has 4 rings (SSSR count). The molecule has 1 amide bonds. The number of aryl methyl sites for hydroxylation is 2. The molecule has 0 aliphatic carbocycles. The molecule has 36 heavy (non-hydrogen) atoms. The summed E-state index contributed by atoms with van der Waals surface area (Å²) >= 11 is 0. The van der Waals surface area contributed by atoms with E-state index in [0.29, 0.717) is 0 Å². The van der Waals surface area contributed by atoms with Crippen LogP contribution in [-0.4, -0.2) is 59.2 Å². The molecule has 3 aromatic rings. The van der Waals surface area contributed by atoms with Gasteiger partial charge in [-0.2, -0.15) is 4.31 Å². The van der Waals surface area contributed by atoms with E-state index >= 15 is 0 Å². The molecular formula is C26H28N4O5S. The Kier molecular flexibility index (Phi) is 7.09. The van der Waals surface area contributed by atoms with Gasteiger partial charge in [0.1, 0.15) is 0 Å². The average molecular weight is 509 g/mol. The van der Waals surface area contributed by atoms with E-state index in [1.807, 2.05) is 26.8 Å². The first-order valence-electron chi connectivity index (χ1n) is 11.6. The SMILES string of the molecule is Cc1ccc(-n2c(C)cc(/C=C/C(=O)N3CCN(S(=O)(=O)c4ccc([N+](=O)[O-])cc4)CC3)c2C)cc1. The van der Waals surface area contributed by atoms with Gasteiger partial charge in [0, 0.05) is 61.5 Å². The molecule has 0 spiro atoms. The maximum atomic E-state index is 12.9. The number of sulfonamides is 1. The van der Waals surface area contributed by atoms with Gasteiger partial charge in [-0.05, 0) is 62.7 Å². The van der Waals surface area contributed by atoms with Crippen LogP contribution in [0.5, 0.6) is 0 Å². The average Bonchev–Trinajstić information content (AvgIpc) is 3.16. The second-order valence-electron chi connectivity index (χ2n) is 8.81. The molecule has 2 heterocycles. The highest BCUT2D eigenvalue weighted by Crippen LogP contribution is 2.23. The molecule has 1 aliphatic rings. The molecule has 0 atom stereocenters. The summed E-state index contributed by atoms with van der Waals surface area (Å²) in [5, 5.41) is 10.8. The molecule has 0 saturated carbocycles. The number of nitrogens with zero attached hydrogens (tertiary/aromatic N) is 4. The third kappa shape index (κ3) is 5.09. The Morgan fingerprint density at radius 2 is 1.56 bits per heavy atom. The predicted molar refractivity (Wildman–Crippen MR) is 137 cm³/mol. The predicted octanol–water partition coefficient (Wildman–Crippen LogP) is 3.86. The monoisotopic (exact) mass is 508 g/mol. The van der Waals surface area contributed by atoms with Crippen LogP contribution in [0.3, 0.4) is 0 Å². The summed E-state index contributed by atoms with van der Waals surface area (Å²) in [7, 11) is -3.79. The van der Waals surface area contributed by atoms with Crippen LogP contribution in [0, 0.1) is 30.9 Å². The van der Waals surface area contributed by atoms with E-state index in [9.17, 15) is 23.3 Å². The van der Waals surface area contributed by atoms with Gasteiger partial charge >= 0.3 is 0 Å². The number of hydrogen-bond donors (Lipinski definition) is 0. The number of piperazine rings is 1. The number of hydrogen-bond acceptors (Lipinski definition) is 5. The quantitative estimate of drug-likeness (QED) is 0.286. The maximum Gasteiger partial charge on any atom is 0.269 e. The van der Waals surface area contributed by atoms with Gasteiger partial charge in [0.05, 0.1) is 9.82 Å². The Bertz CT molecular complexity index is 1420. The molecule has 188 valence electrons. The highest BCUT2D eigenvalue weighted by molar-refractivity contribution is 7.89. The zero-order chi connectivity index (χ0) is 26.0. The number of amides is 1. The summed E-state index contributed by atoms with van der Waals surface area (Å²) in [5.41, 5.74) is 5.11. The minimum absolute atomic E-state index is 0.00305. The molecule has 1 saturated heterocycles. The number of aromatic nitrogens is 1. The van der Waals surface area contributed by atoms with Crippen LogP contribution in [0.15, 0.2) is 65.6 Å². The molecule has 2 aromatic carbocycles. The molecule has 10 heteroatoms. The van der Waals surface area contributed by atoms with Crippen LogP contribution >= 0.6 is 0 Å². The zero-order valence-corrected chi connectivity index (χ0v) is 21.2. The highest BCUT2D eigenvalue weighted by Gasteiger charge is 2.30. The van der Waals surface area contributed by atoms with Crippen LogP contribution in [-0.2, 0) is 14.8 Å².